The third-order valence-electron chi connectivity index (χ3n) is 3.02. The molecular formula is C15H14BrF2N3OS. The average Bonchev–Trinajstić information content (AvgIpc) is 2.53. The van der Waals surface area contributed by atoms with Crippen LogP contribution in [0, 0.1) is 11.6 Å². The first kappa shape index (κ1) is 17.6. The van der Waals surface area contributed by atoms with Crippen molar-refractivity contribution in [2.24, 2.45) is 0 Å². The highest BCUT2D eigenvalue weighted by Crippen LogP contribution is 2.23. The molecule has 4 nitrogen and oxygen atoms in total. The molecule has 8 heteroatoms. The smallest absolute Gasteiger partial charge is 0.171 e. The molecule has 0 atom stereocenters. The fourth-order valence-electron chi connectivity index (χ4n) is 1.89. The number of hydrogen-bond acceptors (Lipinski definition) is 3. The van der Waals surface area contributed by atoms with Crippen LogP contribution in [0.5, 0.6) is 5.75 Å². The average molecular weight is 402 g/mol. The number of anilines is 1. The van der Waals surface area contributed by atoms with Crippen molar-refractivity contribution in [2.75, 3.05) is 19.0 Å². The van der Waals surface area contributed by atoms with Crippen molar-refractivity contribution in [3.63, 3.8) is 0 Å². The molecule has 1 aromatic heterocycles. The first-order valence-electron chi connectivity index (χ1n) is 6.69. The Morgan fingerprint density at radius 1 is 1.35 bits per heavy atom. The van der Waals surface area contributed by atoms with Crippen LogP contribution in [0.3, 0.4) is 0 Å². The van der Waals surface area contributed by atoms with E-state index in [4.69, 9.17) is 17.0 Å². The first-order valence-corrected chi connectivity index (χ1v) is 7.89. The lowest BCUT2D eigenvalue weighted by molar-refractivity contribution is 0.380. The summed E-state index contributed by atoms with van der Waals surface area (Å²) in [7, 11) is 1.34. The number of pyridine rings is 1. The van der Waals surface area contributed by atoms with Gasteiger partial charge in [0.25, 0.3) is 0 Å². The van der Waals surface area contributed by atoms with Crippen LogP contribution in [0.4, 0.5) is 14.6 Å². The van der Waals surface area contributed by atoms with Crippen molar-refractivity contribution >= 4 is 39.1 Å². The molecule has 2 aromatic rings. The van der Waals surface area contributed by atoms with E-state index in [1.807, 2.05) is 6.07 Å². The minimum atomic E-state index is -0.694. The molecule has 0 saturated carbocycles. The summed E-state index contributed by atoms with van der Waals surface area (Å²) < 4.78 is 33.3. The molecule has 0 spiro atoms. The molecular weight excluding hydrogens is 388 g/mol. The number of ether oxygens (including phenoxy) is 1. The predicted molar refractivity (Wildman–Crippen MR) is 92.8 cm³/mol. The molecule has 2 N–H and O–H groups in total. The Hall–Kier alpha value is -1.80. The number of halogens is 3. The fraction of sp³-hybridized carbons (Fsp3) is 0.200. The zero-order valence-corrected chi connectivity index (χ0v) is 14.6. The zero-order chi connectivity index (χ0) is 16.8. The number of thiocarbonyl (C=S) groups is 1. The van der Waals surface area contributed by atoms with E-state index in [0.29, 0.717) is 10.9 Å². The molecule has 0 aliphatic rings. The quantitative estimate of drug-likeness (QED) is 0.748. The van der Waals surface area contributed by atoms with Gasteiger partial charge in [0.1, 0.15) is 11.6 Å². The van der Waals surface area contributed by atoms with Crippen molar-refractivity contribution in [3.8, 4) is 5.75 Å². The summed E-state index contributed by atoms with van der Waals surface area (Å²) in [6, 6.07) is 6.03. The Kier molecular flexibility index (Phi) is 6.23. The molecule has 0 fully saturated rings. The second-order valence-electron chi connectivity index (χ2n) is 4.51. The Bertz CT molecular complexity index is 715. The topological polar surface area (TPSA) is 46.2 Å². The van der Waals surface area contributed by atoms with Gasteiger partial charge in [0, 0.05) is 18.3 Å². The van der Waals surface area contributed by atoms with Gasteiger partial charge >= 0.3 is 0 Å². The minimum absolute atomic E-state index is 0.0134. The van der Waals surface area contributed by atoms with Crippen LogP contribution in [0.2, 0.25) is 0 Å². The normalized spacial score (nSPS) is 10.3. The van der Waals surface area contributed by atoms with E-state index in [2.05, 4.69) is 31.5 Å². The molecule has 0 unspecified atom stereocenters. The maximum atomic E-state index is 14.0. The molecule has 2 rings (SSSR count). The van der Waals surface area contributed by atoms with E-state index >= 15 is 0 Å². The van der Waals surface area contributed by atoms with Crippen molar-refractivity contribution in [3.05, 3.63) is 52.1 Å². The van der Waals surface area contributed by atoms with Gasteiger partial charge in [0.05, 0.1) is 11.6 Å². The molecule has 0 saturated heterocycles. The summed E-state index contributed by atoms with van der Waals surface area (Å²) in [5, 5.41) is 6.10. The molecule has 0 radical (unpaired) electrons. The molecule has 23 heavy (non-hydrogen) atoms. The third-order valence-corrected chi connectivity index (χ3v) is 3.91. The largest absolute Gasteiger partial charge is 0.494 e. The first-order chi connectivity index (χ1) is 11.0. The molecule has 0 aliphatic carbocycles. The van der Waals surface area contributed by atoms with E-state index < -0.39 is 11.6 Å². The summed E-state index contributed by atoms with van der Waals surface area (Å²) in [6.07, 6.45) is 1.75. The summed E-state index contributed by atoms with van der Waals surface area (Å²) in [6.45, 7) is 0.261. The van der Waals surface area contributed by atoms with Crippen LogP contribution in [0.25, 0.3) is 0 Å². The highest BCUT2D eigenvalue weighted by molar-refractivity contribution is 9.10. The van der Waals surface area contributed by atoms with Gasteiger partial charge in [-0.25, -0.2) is 13.8 Å². The van der Waals surface area contributed by atoms with Crippen molar-refractivity contribution < 1.29 is 13.5 Å². The Labute approximate surface area is 146 Å². The molecule has 1 heterocycles. The van der Waals surface area contributed by atoms with Gasteiger partial charge < -0.3 is 15.4 Å². The SMILES string of the molecule is COc1ccc(F)c(CCNC(=S)Nc2ncccc2Br)c1F. The number of nitrogens with zero attached hydrogens (tertiary/aromatic N) is 1. The number of nitrogens with one attached hydrogen (secondary N) is 2. The van der Waals surface area contributed by atoms with Gasteiger partial charge in [-0.15, -0.1) is 0 Å². The number of rotatable bonds is 5. The number of benzene rings is 1. The standard InChI is InChI=1S/C15H14BrF2N3OS/c1-22-12-5-4-11(17)9(13(12)18)6-8-20-15(23)21-14-10(16)3-2-7-19-14/h2-5,7H,6,8H2,1H3,(H2,19,20,21,23). The lowest BCUT2D eigenvalue weighted by Gasteiger charge is -2.12. The van der Waals surface area contributed by atoms with Crippen molar-refractivity contribution in [1.82, 2.24) is 10.3 Å². The van der Waals surface area contributed by atoms with E-state index in [9.17, 15) is 8.78 Å². The van der Waals surface area contributed by atoms with E-state index in [1.54, 1.807) is 12.3 Å². The van der Waals surface area contributed by atoms with E-state index in [1.165, 1.54) is 19.2 Å². The van der Waals surface area contributed by atoms with Crippen LogP contribution in [0.15, 0.2) is 34.9 Å². The van der Waals surface area contributed by atoms with Crippen LogP contribution in [-0.2, 0) is 6.42 Å². The maximum absolute atomic E-state index is 14.0. The van der Waals surface area contributed by atoms with E-state index in [0.717, 1.165) is 4.47 Å². The highest BCUT2D eigenvalue weighted by atomic mass is 79.9. The Morgan fingerprint density at radius 3 is 2.83 bits per heavy atom. The van der Waals surface area contributed by atoms with E-state index in [-0.39, 0.29) is 24.3 Å². The number of hydrogen-bond donors (Lipinski definition) is 2. The van der Waals surface area contributed by atoms with Gasteiger partial charge in [-0.3, -0.25) is 0 Å². The second-order valence-corrected chi connectivity index (χ2v) is 5.77. The van der Waals surface area contributed by atoms with Crippen LogP contribution < -0.4 is 15.4 Å². The monoisotopic (exact) mass is 401 g/mol. The van der Waals surface area contributed by atoms with Crippen molar-refractivity contribution in [2.45, 2.75) is 6.42 Å². The summed E-state index contributed by atoms with van der Waals surface area (Å²) >= 11 is 8.47. The summed E-state index contributed by atoms with van der Waals surface area (Å²) in [5.74, 6) is -0.736. The maximum Gasteiger partial charge on any atom is 0.171 e. The van der Waals surface area contributed by atoms with Crippen LogP contribution in [-0.4, -0.2) is 23.8 Å². The zero-order valence-electron chi connectivity index (χ0n) is 12.2. The van der Waals surface area contributed by atoms with Crippen LogP contribution in [0.1, 0.15) is 5.56 Å². The third kappa shape index (κ3) is 4.59. The van der Waals surface area contributed by atoms with Gasteiger partial charge in [-0.2, -0.15) is 0 Å². The Morgan fingerprint density at radius 2 is 2.13 bits per heavy atom. The minimum Gasteiger partial charge on any atom is -0.494 e. The van der Waals surface area contributed by atoms with Gasteiger partial charge in [-0.05, 0) is 58.8 Å². The molecule has 122 valence electrons. The summed E-state index contributed by atoms with van der Waals surface area (Å²) in [5.41, 5.74) is -0.0429. The van der Waals surface area contributed by atoms with Crippen LogP contribution >= 0.6 is 28.1 Å². The number of aromatic nitrogens is 1. The number of methoxy groups -OCH3 is 1. The summed E-state index contributed by atoms with van der Waals surface area (Å²) in [4.78, 5) is 4.11. The predicted octanol–water partition coefficient (Wildman–Crippen LogP) is 3.66. The lowest BCUT2D eigenvalue weighted by atomic mass is 10.1. The highest BCUT2D eigenvalue weighted by Gasteiger charge is 2.14. The van der Waals surface area contributed by atoms with Crippen molar-refractivity contribution in [1.29, 1.82) is 0 Å². The van der Waals surface area contributed by atoms with Gasteiger partial charge in [-0.1, -0.05) is 0 Å². The second kappa shape index (κ2) is 8.16. The molecule has 0 aliphatic heterocycles. The molecule has 0 bridgehead atoms. The lowest BCUT2D eigenvalue weighted by Crippen LogP contribution is -2.31. The molecule has 1 aromatic carbocycles. The van der Waals surface area contributed by atoms with Gasteiger partial charge in [0.15, 0.2) is 16.7 Å². The Balaban J connectivity index is 1.93. The van der Waals surface area contributed by atoms with Gasteiger partial charge in [0.2, 0.25) is 0 Å². The molecule has 0 amide bonds. The fourth-order valence-corrected chi connectivity index (χ4v) is 2.45.